The van der Waals surface area contributed by atoms with Crippen LogP contribution in [0.15, 0.2) is 24.3 Å². The SMILES string of the molecule is CCCC[N+](CC/C=C/CC/C=C/CC[PH](CCCC)(CCCC)CCCC)(CCCC)CCCC. The standard InChI is InChI=1S/C34H71NP/c1-7-13-27-35(28-14-8-2,29-15-9-3)30-25-23-21-19-20-22-24-26-34-36(31-16-10-4,32-17-11-5)33-18-12-6/h21-24,36H,7-20,25-34H2,1-6H3/q+1/b23-21+,24-22+. The van der Waals surface area contributed by atoms with Crippen molar-refractivity contribution in [2.45, 2.75) is 144 Å². The molecule has 0 aromatic carbocycles. The Kier molecular flexibility index (Phi) is 25.1. The summed E-state index contributed by atoms with van der Waals surface area (Å²) < 4.78 is 1.37. The second-order valence-electron chi connectivity index (χ2n) is 12.0. The van der Waals surface area contributed by atoms with Gasteiger partial charge >= 0.3 is 172 Å². The van der Waals surface area contributed by atoms with Gasteiger partial charge in [-0.3, -0.25) is 0 Å². The maximum atomic E-state index is 2.54. The molecule has 0 heterocycles. The summed E-state index contributed by atoms with van der Waals surface area (Å²) in [6.07, 6.45) is 38.1. The molecule has 0 N–H and O–H groups in total. The normalized spacial score (nSPS) is 13.4. The van der Waals surface area contributed by atoms with Gasteiger partial charge < -0.3 is 0 Å². The van der Waals surface area contributed by atoms with Gasteiger partial charge in [0.15, 0.2) is 0 Å². The molecule has 0 atom stereocenters. The molecule has 0 saturated heterocycles. The van der Waals surface area contributed by atoms with Crippen LogP contribution in [0.3, 0.4) is 0 Å². The molecule has 216 valence electrons. The Morgan fingerprint density at radius 1 is 0.389 bits per heavy atom. The molecule has 0 unspecified atom stereocenters. The van der Waals surface area contributed by atoms with Gasteiger partial charge in [0.05, 0.1) is 0 Å². The van der Waals surface area contributed by atoms with E-state index < -0.39 is 7.26 Å². The molecule has 0 fully saturated rings. The molecule has 0 saturated carbocycles. The van der Waals surface area contributed by atoms with Crippen molar-refractivity contribution >= 4 is 7.26 Å². The van der Waals surface area contributed by atoms with Crippen LogP contribution in [0.1, 0.15) is 144 Å². The second kappa shape index (κ2) is 25.2. The third kappa shape index (κ3) is 18.2. The summed E-state index contributed by atoms with van der Waals surface area (Å²) in [5.74, 6) is 0. The van der Waals surface area contributed by atoms with Crippen molar-refractivity contribution in [2.24, 2.45) is 0 Å². The zero-order valence-electron chi connectivity index (χ0n) is 26.2. The van der Waals surface area contributed by atoms with Gasteiger partial charge in [-0.05, 0) is 19.3 Å². The Labute approximate surface area is 230 Å². The Morgan fingerprint density at radius 3 is 1.14 bits per heavy atom. The van der Waals surface area contributed by atoms with E-state index in [1.54, 1.807) is 24.6 Å². The molecule has 0 aromatic heterocycles. The van der Waals surface area contributed by atoms with Gasteiger partial charge in [-0.2, -0.15) is 0 Å². The van der Waals surface area contributed by atoms with Crippen LogP contribution in [-0.4, -0.2) is 55.3 Å². The fourth-order valence-corrected chi connectivity index (χ4v) is 11.5. The molecule has 36 heavy (non-hydrogen) atoms. The predicted octanol–water partition coefficient (Wildman–Crippen LogP) is 11.0. The number of nitrogens with zero attached hydrogens (tertiary/aromatic N) is 1. The van der Waals surface area contributed by atoms with Crippen molar-refractivity contribution in [3.63, 3.8) is 0 Å². The van der Waals surface area contributed by atoms with Gasteiger partial charge in [0.25, 0.3) is 0 Å². The van der Waals surface area contributed by atoms with E-state index in [0.717, 1.165) is 0 Å². The Hall–Kier alpha value is -0.130. The van der Waals surface area contributed by atoms with Gasteiger partial charge in [0.1, 0.15) is 0 Å². The first kappa shape index (κ1) is 35.9. The van der Waals surface area contributed by atoms with E-state index in [2.05, 4.69) is 65.8 Å². The monoisotopic (exact) mass is 525 g/mol. The molecule has 0 aliphatic carbocycles. The summed E-state index contributed by atoms with van der Waals surface area (Å²) in [6.45, 7) is 19.7. The second-order valence-corrected chi connectivity index (χ2v) is 17.0. The third-order valence-electron chi connectivity index (χ3n) is 8.58. The molecule has 0 aliphatic heterocycles. The van der Waals surface area contributed by atoms with Crippen LogP contribution in [0.5, 0.6) is 0 Å². The molecule has 0 bridgehead atoms. The minimum absolute atomic E-state index is 1.06. The van der Waals surface area contributed by atoms with Crippen molar-refractivity contribution in [1.82, 2.24) is 0 Å². The van der Waals surface area contributed by atoms with Crippen LogP contribution < -0.4 is 0 Å². The summed E-state index contributed by atoms with van der Waals surface area (Å²) >= 11 is 0. The van der Waals surface area contributed by atoms with E-state index in [4.69, 9.17) is 0 Å². The first-order valence-corrected chi connectivity index (χ1v) is 19.5. The summed E-state index contributed by atoms with van der Waals surface area (Å²) in [4.78, 5) is 0. The Balaban J connectivity index is 4.59. The molecule has 2 heteroatoms. The Bertz CT molecular complexity index is 420. The van der Waals surface area contributed by atoms with Gasteiger partial charge in [0, 0.05) is 0 Å². The number of allylic oxidation sites excluding steroid dienone is 3. The van der Waals surface area contributed by atoms with Crippen LogP contribution in [-0.2, 0) is 0 Å². The minimum atomic E-state index is -1.06. The van der Waals surface area contributed by atoms with Gasteiger partial charge in [-0.25, -0.2) is 0 Å². The third-order valence-corrected chi connectivity index (χ3v) is 14.2. The summed E-state index contributed by atoms with van der Waals surface area (Å²) in [7, 11) is -1.06. The minimum Gasteiger partial charge on any atom is -0.0652 e. The van der Waals surface area contributed by atoms with Crippen LogP contribution >= 0.6 is 7.26 Å². The van der Waals surface area contributed by atoms with Crippen molar-refractivity contribution in [2.75, 3.05) is 50.8 Å². The molecular formula is C34H71NP+. The Morgan fingerprint density at radius 2 is 0.750 bits per heavy atom. The molecule has 1 nitrogen and oxygen atoms in total. The van der Waals surface area contributed by atoms with Gasteiger partial charge in [-0.15, -0.1) is 0 Å². The molecular weight excluding hydrogens is 453 g/mol. The molecule has 0 aromatic rings. The van der Waals surface area contributed by atoms with E-state index in [-0.39, 0.29) is 0 Å². The van der Waals surface area contributed by atoms with Crippen molar-refractivity contribution < 1.29 is 4.48 Å². The molecule has 0 aliphatic rings. The molecule has 0 rings (SSSR count). The number of quaternary nitrogens is 1. The summed E-state index contributed by atoms with van der Waals surface area (Å²) in [5.41, 5.74) is 0. The summed E-state index contributed by atoms with van der Waals surface area (Å²) in [6, 6.07) is 0. The maximum absolute atomic E-state index is 2.54. The number of hydrogen-bond acceptors (Lipinski definition) is 0. The average molecular weight is 525 g/mol. The van der Waals surface area contributed by atoms with Crippen molar-refractivity contribution in [1.29, 1.82) is 0 Å². The zero-order chi connectivity index (χ0) is 26.8. The van der Waals surface area contributed by atoms with Gasteiger partial charge in [0.2, 0.25) is 0 Å². The van der Waals surface area contributed by atoms with Crippen LogP contribution in [0.2, 0.25) is 0 Å². The molecule has 0 spiro atoms. The first-order chi connectivity index (χ1) is 17.6. The smallest absolute Gasteiger partial charge is 0.0652 e. The van der Waals surface area contributed by atoms with E-state index >= 15 is 0 Å². The predicted molar refractivity (Wildman–Crippen MR) is 174 cm³/mol. The van der Waals surface area contributed by atoms with E-state index in [9.17, 15) is 0 Å². The topological polar surface area (TPSA) is 0 Å². The van der Waals surface area contributed by atoms with Crippen molar-refractivity contribution in [3.05, 3.63) is 24.3 Å². The molecule has 0 amide bonds. The fraction of sp³-hybridized carbons (Fsp3) is 0.882. The first-order valence-electron chi connectivity index (χ1n) is 16.7. The van der Waals surface area contributed by atoms with E-state index in [1.165, 1.54) is 133 Å². The fourth-order valence-electron chi connectivity index (χ4n) is 5.96. The van der Waals surface area contributed by atoms with Crippen molar-refractivity contribution in [3.8, 4) is 0 Å². The number of unbranched alkanes of at least 4 members (excludes halogenated alkanes) is 7. The van der Waals surface area contributed by atoms with E-state index in [0.29, 0.717) is 0 Å². The number of hydrogen-bond donors (Lipinski definition) is 0. The molecule has 0 radical (unpaired) electrons. The zero-order valence-corrected chi connectivity index (χ0v) is 27.2. The van der Waals surface area contributed by atoms with E-state index in [1.807, 2.05) is 0 Å². The number of rotatable bonds is 27. The van der Waals surface area contributed by atoms with Crippen LogP contribution in [0.25, 0.3) is 0 Å². The average Bonchev–Trinajstić information content (AvgIpc) is 2.90. The quantitative estimate of drug-likeness (QED) is 0.0434. The van der Waals surface area contributed by atoms with Crippen LogP contribution in [0, 0.1) is 0 Å². The van der Waals surface area contributed by atoms with Gasteiger partial charge in [-0.1, -0.05) is 40.0 Å². The van der Waals surface area contributed by atoms with Crippen LogP contribution in [0.4, 0.5) is 0 Å². The summed E-state index contributed by atoms with van der Waals surface area (Å²) in [5, 5.41) is 0.